The summed E-state index contributed by atoms with van der Waals surface area (Å²) in [7, 11) is -6.47. The molecule has 0 fully saturated rings. The predicted molar refractivity (Wildman–Crippen MR) is 33.6 cm³/mol. The molecule has 0 bridgehead atoms. The average Bonchev–Trinajstić information content (AvgIpc) is 1.85. The summed E-state index contributed by atoms with van der Waals surface area (Å²) in [6, 6.07) is 0. The minimum Gasteiger partial charge on any atom is -0.563 e. The first-order valence-corrected chi connectivity index (χ1v) is 4.42. The molecule has 12 heavy (non-hydrogen) atoms. The summed E-state index contributed by atoms with van der Waals surface area (Å²) in [6.07, 6.45) is 1.43. The quantitative estimate of drug-likeness (QED) is 0.377. The fourth-order valence-corrected chi connectivity index (χ4v) is 0.490. The third kappa shape index (κ3) is 31.0. The van der Waals surface area contributed by atoms with Crippen LogP contribution in [0.25, 0.3) is 0 Å². The fourth-order valence-electron chi connectivity index (χ4n) is 0.0544. The van der Waals surface area contributed by atoms with Gasteiger partial charge < -0.3 is 14.9 Å². The minimum absolute atomic E-state index is 0. The maximum Gasteiger partial charge on any atom is 2.00 e. The normalized spacial score (nSPS) is 9.92. The van der Waals surface area contributed by atoms with Gasteiger partial charge in [0.25, 0.3) is 0 Å². The number of hydrogen-bond acceptors (Lipinski definition) is 6. The van der Waals surface area contributed by atoms with Crippen molar-refractivity contribution in [1.29, 1.82) is 0 Å². The molecule has 0 heterocycles. The number of hydrogen-bond donors (Lipinski definition) is 1. The van der Waals surface area contributed by atoms with Gasteiger partial charge in [-0.3, -0.25) is 0 Å². The Morgan fingerprint density at radius 1 is 1.42 bits per heavy atom. The Morgan fingerprint density at radius 2 is 1.67 bits per heavy atom. The van der Waals surface area contributed by atoms with Crippen molar-refractivity contribution in [3.8, 4) is 0 Å². The van der Waals surface area contributed by atoms with Crippen LogP contribution in [0.3, 0.4) is 0 Å². The van der Waals surface area contributed by atoms with E-state index in [9.17, 15) is 18.9 Å². The van der Waals surface area contributed by atoms with Gasteiger partial charge in [0.15, 0.2) is 0 Å². The van der Waals surface area contributed by atoms with Crippen LogP contribution in [-0.2, 0) is 41.1 Å². The zero-order valence-corrected chi connectivity index (χ0v) is 13.4. The standard InChI is InChI=1S/C3H6O.Hg.O5P2/c1-2-3-4;;1-6(2)5-7(3)4/h2,4H,1,3H2;;/q;+2;. The Kier molecular flexibility index (Phi) is 22.0. The number of rotatable bonds is 3. The van der Waals surface area contributed by atoms with Crippen molar-refractivity contribution >= 4 is 16.5 Å². The van der Waals surface area contributed by atoms with Crippen molar-refractivity contribution in [2.45, 2.75) is 0 Å². The summed E-state index contributed by atoms with van der Waals surface area (Å²) >= 11 is 0. The summed E-state index contributed by atoms with van der Waals surface area (Å²) in [5.74, 6) is 0. The summed E-state index contributed by atoms with van der Waals surface area (Å²) < 4.78 is 21.6. The van der Waals surface area contributed by atoms with Crippen molar-refractivity contribution in [1.82, 2.24) is 0 Å². The van der Waals surface area contributed by atoms with Crippen LogP contribution in [0.1, 0.15) is 0 Å². The molecule has 0 amide bonds. The van der Waals surface area contributed by atoms with Crippen molar-refractivity contribution < 1.29 is 56.0 Å². The zero-order valence-electron chi connectivity index (χ0n) is 6.08. The average molecular weight is 401 g/mol. The van der Waals surface area contributed by atoms with Crippen molar-refractivity contribution in [2.75, 3.05) is 6.61 Å². The maximum atomic E-state index is 9.24. The Morgan fingerprint density at radius 3 is 1.67 bits per heavy atom. The SMILES string of the molecule is C=CCO.O=[P+]([O-])O[P+](=O)[O-].[Hg+2]. The first kappa shape index (κ1) is 18.5. The molecular formula is C3H6HgO6P2+2. The Bertz CT molecular complexity index is 138. The molecule has 1 N–H and O–H groups in total. The Labute approximate surface area is 91.7 Å². The second-order valence-electron chi connectivity index (χ2n) is 1.00. The molecule has 0 rings (SSSR count). The van der Waals surface area contributed by atoms with E-state index in [2.05, 4.69) is 10.9 Å². The van der Waals surface area contributed by atoms with Gasteiger partial charge in [-0.25, -0.2) is 0 Å². The van der Waals surface area contributed by atoms with Gasteiger partial charge in [0.05, 0.1) is 6.61 Å². The molecule has 0 aromatic carbocycles. The van der Waals surface area contributed by atoms with Gasteiger partial charge in [-0.1, -0.05) is 6.08 Å². The van der Waals surface area contributed by atoms with Crippen molar-refractivity contribution in [3.05, 3.63) is 12.7 Å². The van der Waals surface area contributed by atoms with Gasteiger partial charge in [0.1, 0.15) is 4.31 Å². The van der Waals surface area contributed by atoms with Crippen LogP contribution in [0.4, 0.5) is 0 Å². The molecule has 0 aliphatic carbocycles. The van der Waals surface area contributed by atoms with Crippen LogP contribution in [0, 0.1) is 0 Å². The minimum atomic E-state index is -3.24. The number of aliphatic hydroxyl groups is 1. The molecule has 2 unspecified atom stereocenters. The van der Waals surface area contributed by atoms with Gasteiger partial charge in [-0.05, 0) is 9.13 Å². The first-order valence-electron chi connectivity index (χ1n) is 2.23. The van der Waals surface area contributed by atoms with E-state index in [1.165, 1.54) is 6.08 Å². The first-order chi connectivity index (χ1) is 5.04. The van der Waals surface area contributed by atoms with Crippen LogP contribution in [-0.4, -0.2) is 11.7 Å². The summed E-state index contributed by atoms with van der Waals surface area (Å²) in [5.41, 5.74) is 0. The molecule has 0 aliphatic heterocycles. The van der Waals surface area contributed by atoms with Crippen molar-refractivity contribution in [3.63, 3.8) is 0 Å². The molecular weight excluding hydrogens is 395 g/mol. The molecule has 0 aliphatic rings. The van der Waals surface area contributed by atoms with E-state index in [4.69, 9.17) is 5.11 Å². The predicted octanol–water partition coefficient (Wildman–Crippen LogP) is -0.799. The van der Waals surface area contributed by atoms with Crippen LogP contribution in [0.15, 0.2) is 12.7 Å². The van der Waals surface area contributed by atoms with Gasteiger partial charge >= 0.3 is 44.2 Å². The van der Waals surface area contributed by atoms with Crippen molar-refractivity contribution in [2.24, 2.45) is 0 Å². The molecule has 0 radical (unpaired) electrons. The van der Waals surface area contributed by atoms with Crippen LogP contribution < -0.4 is 9.79 Å². The fraction of sp³-hybridized carbons (Fsp3) is 0.333. The van der Waals surface area contributed by atoms with Crippen LogP contribution in [0.2, 0.25) is 0 Å². The third-order valence-electron chi connectivity index (χ3n) is 0.262. The van der Waals surface area contributed by atoms with Gasteiger partial charge in [-0.2, -0.15) is 0 Å². The molecule has 0 spiro atoms. The largest absolute Gasteiger partial charge is 2.00 e. The van der Waals surface area contributed by atoms with E-state index < -0.39 is 16.5 Å². The molecule has 6 nitrogen and oxygen atoms in total. The van der Waals surface area contributed by atoms with Gasteiger partial charge in [0.2, 0.25) is 0 Å². The zero-order chi connectivity index (χ0) is 9.28. The molecule has 0 aromatic rings. The monoisotopic (exact) mass is 402 g/mol. The smallest absolute Gasteiger partial charge is 0.563 e. The summed E-state index contributed by atoms with van der Waals surface area (Å²) in [5, 5.41) is 7.76. The van der Waals surface area contributed by atoms with E-state index in [-0.39, 0.29) is 34.3 Å². The van der Waals surface area contributed by atoms with Gasteiger partial charge in [-0.15, -0.1) is 6.58 Å². The Balaban J connectivity index is -0.000000142. The topological polar surface area (TPSA) is 110 Å². The second kappa shape index (κ2) is 14.3. The maximum absolute atomic E-state index is 9.24. The summed E-state index contributed by atoms with van der Waals surface area (Å²) in [6.45, 7) is 3.31. The van der Waals surface area contributed by atoms with E-state index in [1.807, 2.05) is 0 Å². The summed E-state index contributed by atoms with van der Waals surface area (Å²) in [4.78, 5) is 18.5. The van der Waals surface area contributed by atoms with E-state index in [1.54, 1.807) is 0 Å². The molecule has 0 saturated carbocycles. The number of aliphatic hydroxyl groups excluding tert-OH is 1. The molecule has 0 aromatic heterocycles. The van der Waals surface area contributed by atoms with Crippen LogP contribution >= 0.6 is 16.5 Å². The van der Waals surface area contributed by atoms with Crippen LogP contribution in [0.5, 0.6) is 0 Å². The molecule has 64 valence electrons. The molecule has 0 saturated heterocycles. The van der Waals surface area contributed by atoms with Gasteiger partial charge in [0, 0.05) is 0 Å². The van der Waals surface area contributed by atoms with E-state index in [0.29, 0.717) is 0 Å². The Hall–Kier alpha value is 0.715. The van der Waals surface area contributed by atoms with E-state index >= 15 is 0 Å². The van der Waals surface area contributed by atoms with E-state index in [0.717, 1.165) is 0 Å². The second-order valence-corrected chi connectivity index (χ2v) is 2.55. The third-order valence-corrected chi connectivity index (χ3v) is 1.33. The molecule has 9 heteroatoms. The molecule has 2 atom stereocenters.